The molecular weight excluding hydrogens is 624 g/mol. The predicted octanol–water partition coefficient (Wildman–Crippen LogP) is 12.3. The van der Waals surface area contributed by atoms with E-state index in [4.69, 9.17) is 0 Å². The minimum absolute atomic E-state index is 0.603. The third-order valence-electron chi connectivity index (χ3n) is 11.4. The van der Waals surface area contributed by atoms with Gasteiger partial charge in [0.05, 0.1) is 0 Å². The first-order valence-electron chi connectivity index (χ1n) is 16.8. The molecule has 4 bridgehead atoms. The molecule has 0 saturated carbocycles. The number of fused-ring (bicyclic) bond motifs is 8. The molecule has 1 heterocycles. The molecule has 44 heavy (non-hydrogen) atoms. The second-order valence-corrected chi connectivity index (χ2v) is 22.1. The molecule has 0 spiro atoms. The van der Waals surface area contributed by atoms with E-state index in [9.17, 15) is 0 Å². The van der Waals surface area contributed by atoms with Gasteiger partial charge >= 0.3 is 280 Å². The van der Waals surface area contributed by atoms with E-state index in [0.717, 1.165) is 0 Å². The summed E-state index contributed by atoms with van der Waals surface area (Å²) in [6.45, 7) is 19.6. The summed E-state index contributed by atoms with van der Waals surface area (Å²) >= 11 is -0.903. The fourth-order valence-corrected chi connectivity index (χ4v) is 18.4. The van der Waals surface area contributed by atoms with Gasteiger partial charge in [-0.05, 0) is 0 Å². The van der Waals surface area contributed by atoms with Crippen LogP contribution in [0.25, 0.3) is 32.6 Å². The quantitative estimate of drug-likeness (QED) is 0.179. The van der Waals surface area contributed by atoms with E-state index in [1.165, 1.54) is 46.2 Å². The predicted molar refractivity (Wildman–Crippen MR) is 189 cm³/mol. The van der Waals surface area contributed by atoms with Gasteiger partial charge in [0, 0.05) is 0 Å². The van der Waals surface area contributed by atoms with E-state index >= 15 is 0 Å². The first-order chi connectivity index (χ1) is 21.2. The van der Waals surface area contributed by atoms with Crippen molar-refractivity contribution in [2.24, 2.45) is 0 Å². The van der Waals surface area contributed by atoms with Gasteiger partial charge in [-0.3, -0.25) is 0 Å². The molecule has 0 radical (unpaired) electrons. The molecule has 2 aliphatic carbocycles. The van der Waals surface area contributed by atoms with Gasteiger partial charge in [0.15, 0.2) is 0 Å². The molecule has 7 rings (SSSR count). The molecule has 4 atom stereocenters. The Morgan fingerprint density at radius 3 is 1.34 bits per heavy atom. The SMILES string of the molecule is CCC(C)c1ccc(-c2cccc3c2C2=C(C)[CH]3[Zr][CH]3C(C)=C(c4c(-c5ccc(C(C)CC)cc5)cccc43)[Si]2(C)C)cc1. The van der Waals surface area contributed by atoms with Crippen LogP contribution in [0.1, 0.15) is 107 Å². The zero-order valence-corrected chi connectivity index (χ0v) is 31.3. The van der Waals surface area contributed by atoms with Gasteiger partial charge < -0.3 is 0 Å². The number of hydrogen-bond acceptors (Lipinski definition) is 0. The summed E-state index contributed by atoms with van der Waals surface area (Å²) in [6, 6.07) is 33.6. The molecule has 0 amide bonds. The molecule has 0 N–H and O–H groups in total. The Hall–Kier alpha value is -2.54. The fraction of sp³-hybridized carbons (Fsp3) is 0.333. The van der Waals surface area contributed by atoms with Crippen molar-refractivity contribution in [3.63, 3.8) is 0 Å². The summed E-state index contributed by atoms with van der Waals surface area (Å²) < 4.78 is 1.31. The molecule has 0 fully saturated rings. The average molecular weight is 670 g/mol. The van der Waals surface area contributed by atoms with Gasteiger partial charge in [-0.2, -0.15) is 0 Å². The van der Waals surface area contributed by atoms with Crippen LogP contribution < -0.4 is 0 Å². The Balaban J connectivity index is 1.39. The second-order valence-electron chi connectivity index (χ2n) is 14.2. The standard InChI is InChI=1S/C42H46Si.Zr/c1-9-27(3)31-17-21-33(22-18-31)37-15-11-13-35-25-29(5)41(39(35)37)43(7,8)42-30(6)26-36-14-12-16-38(40(36)42)34-23-19-32(20-24-34)28(4)10-2;/h11-28H,9-10H2,1-8H3;. The Kier molecular flexibility index (Phi) is 7.78. The van der Waals surface area contributed by atoms with Crippen molar-refractivity contribution in [2.75, 3.05) is 0 Å². The van der Waals surface area contributed by atoms with Crippen molar-refractivity contribution in [1.29, 1.82) is 0 Å². The molecule has 2 heteroatoms. The number of allylic oxidation sites excluding steroid dienone is 2. The zero-order chi connectivity index (χ0) is 30.9. The van der Waals surface area contributed by atoms with Gasteiger partial charge in [-0.15, -0.1) is 0 Å². The van der Waals surface area contributed by atoms with Crippen molar-refractivity contribution >= 4 is 18.5 Å². The topological polar surface area (TPSA) is 0 Å². The normalized spacial score (nSPS) is 20.9. The summed E-state index contributed by atoms with van der Waals surface area (Å²) in [4.78, 5) is 0. The second kappa shape index (κ2) is 11.4. The molecule has 222 valence electrons. The van der Waals surface area contributed by atoms with Crippen molar-refractivity contribution in [3.8, 4) is 22.3 Å². The van der Waals surface area contributed by atoms with E-state index in [1.54, 1.807) is 43.8 Å². The monoisotopic (exact) mass is 668 g/mol. The zero-order valence-electron chi connectivity index (χ0n) is 27.8. The van der Waals surface area contributed by atoms with Crippen LogP contribution in [-0.2, 0) is 23.2 Å². The van der Waals surface area contributed by atoms with Crippen molar-refractivity contribution in [3.05, 3.63) is 129 Å². The van der Waals surface area contributed by atoms with Gasteiger partial charge in [0.2, 0.25) is 0 Å². The molecule has 0 aromatic heterocycles. The maximum atomic E-state index is 2.67. The third kappa shape index (κ3) is 4.53. The van der Waals surface area contributed by atoms with Crippen LogP contribution in [0, 0.1) is 0 Å². The van der Waals surface area contributed by atoms with Gasteiger partial charge in [-0.25, -0.2) is 0 Å². The molecule has 1 aliphatic heterocycles. The average Bonchev–Trinajstić information content (AvgIpc) is 3.52. The van der Waals surface area contributed by atoms with Crippen LogP contribution in [0.3, 0.4) is 0 Å². The van der Waals surface area contributed by atoms with Gasteiger partial charge in [0.1, 0.15) is 0 Å². The van der Waals surface area contributed by atoms with Crippen LogP contribution >= 0.6 is 0 Å². The van der Waals surface area contributed by atoms with E-state index < -0.39 is 31.3 Å². The molecule has 4 aromatic carbocycles. The van der Waals surface area contributed by atoms with E-state index in [0.29, 0.717) is 19.1 Å². The van der Waals surface area contributed by atoms with Crippen LogP contribution in [0.15, 0.2) is 96.1 Å². The van der Waals surface area contributed by atoms with Crippen LogP contribution in [0.4, 0.5) is 0 Å². The maximum absolute atomic E-state index is 2.67. The van der Waals surface area contributed by atoms with Crippen LogP contribution in [0.5, 0.6) is 0 Å². The van der Waals surface area contributed by atoms with E-state index in [-0.39, 0.29) is 0 Å². The summed E-state index contributed by atoms with van der Waals surface area (Å²) in [5.74, 6) is 1.21. The first-order valence-corrected chi connectivity index (χ1v) is 22.7. The number of rotatable bonds is 6. The molecule has 4 unspecified atom stereocenters. The first kappa shape index (κ1) is 30.1. The minimum atomic E-state index is -2.09. The molecular formula is C42H46SiZr. The van der Waals surface area contributed by atoms with E-state index in [2.05, 4.69) is 140 Å². The number of benzene rings is 4. The summed E-state index contributed by atoms with van der Waals surface area (Å²) in [5.41, 5.74) is 18.5. The Morgan fingerprint density at radius 2 is 0.977 bits per heavy atom. The van der Waals surface area contributed by atoms with Crippen molar-refractivity contribution in [1.82, 2.24) is 0 Å². The summed E-state index contributed by atoms with van der Waals surface area (Å²) in [5, 5.41) is 3.48. The summed E-state index contributed by atoms with van der Waals surface area (Å²) in [6.07, 6.45) is 2.36. The molecule has 3 aliphatic rings. The van der Waals surface area contributed by atoms with Crippen LogP contribution in [0.2, 0.25) is 13.1 Å². The van der Waals surface area contributed by atoms with Crippen molar-refractivity contribution < 1.29 is 23.2 Å². The van der Waals surface area contributed by atoms with Crippen molar-refractivity contribution in [2.45, 2.75) is 86.6 Å². The number of hydrogen-bond donors (Lipinski definition) is 0. The van der Waals surface area contributed by atoms with E-state index in [1.807, 2.05) is 0 Å². The van der Waals surface area contributed by atoms with Gasteiger partial charge in [-0.1, -0.05) is 0 Å². The molecule has 4 aromatic rings. The van der Waals surface area contributed by atoms with Crippen LogP contribution in [-0.4, -0.2) is 8.07 Å². The fourth-order valence-electron chi connectivity index (χ4n) is 8.60. The summed E-state index contributed by atoms with van der Waals surface area (Å²) in [7, 11) is -2.09. The Morgan fingerprint density at radius 1 is 0.591 bits per heavy atom. The van der Waals surface area contributed by atoms with Gasteiger partial charge in [0.25, 0.3) is 0 Å². The molecule has 0 nitrogen and oxygen atoms in total. The Labute approximate surface area is 278 Å². The Bertz CT molecular complexity index is 1690. The third-order valence-corrected chi connectivity index (χ3v) is 20.4. The molecule has 0 saturated heterocycles.